The first-order valence-corrected chi connectivity index (χ1v) is 10.3. The maximum atomic E-state index is 12.8. The second kappa shape index (κ2) is 11.8. The van der Waals surface area contributed by atoms with E-state index in [1.165, 1.54) is 5.56 Å². The van der Waals surface area contributed by atoms with Crippen LogP contribution in [-0.2, 0) is 16.1 Å². The van der Waals surface area contributed by atoms with Crippen molar-refractivity contribution in [2.75, 3.05) is 14.1 Å². The quantitative estimate of drug-likeness (QED) is 0.542. The number of aromatic nitrogens is 1. The van der Waals surface area contributed by atoms with Crippen molar-refractivity contribution in [3.05, 3.63) is 65.0 Å². The van der Waals surface area contributed by atoms with Crippen LogP contribution in [0.25, 0.3) is 12.2 Å². The molecule has 0 radical (unpaired) electrons. The zero-order valence-corrected chi connectivity index (χ0v) is 18.3. The Morgan fingerprint density at radius 1 is 1.13 bits per heavy atom. The molecule has 0 fully saturated rings. The van der Waals surface area contributed by atoms with E-state index >= 15 is 0 Å². The highest BCUT2D eigenvalue weighted by Gasteiger charge is 2.25. The number of nitrogens with two attached hydrogens (primary N) is 1. The summed E-state index contributed by atoms with van der Waals surface area (Å²) in [4.78, 5) is 42.6. The monoisotopic (exact) mass is 422 g/mol. The summed E-state index contributed by atoms with van der Waals surface area (Å²) in [5, 5.41) is 2.65. The van der Waals surface area contributed by atoms with Crippen LogP contribution in [-0.4, -0.2) is 47.6 Å². The number of rotatable bonds is 11. The van der Waals surface area contributed by atoms with E-state index < -0.39 is 23.6 Å². The van der Waals surface area contributed by atoms with Crippen molar-refractivity contribution in [3.63, 3.8) is 0 Å². The van der Waals surface area contributed by atoms with E-state index in [0.29, 0.717) is 24.1 Å². The van der Waals surface area contributed by atoms with Crippen LogP contribution >= 0.6 is 0 Å². The Morgan fingerprint density at radius 2 is 1.84 bits per heavy atom. The number of hydrogen-bond donors (Lipinski definition) is 2. The molecule has 0 saturated heterocycles. The van der Waals surface area contributed by atoms with E-state index in [-0.39, 0.29) is 0 Å². The Bertz CT molecular complexity index is 936. The molecule has 0 bridgehead atoms. The van der Waals surface area contributed by atoms with Crippen molar-refractivity contribution in [2.45, 2.75) is 38.8 Å². The molecule has 1 aromatic heterocycles. The van der Waals surface area contributed by atoms with Gasteiger partial charge >= 0.3 is 0 Å². The van der Waals surface area contributed by atoms with Gasteiger partial charge in [0, 0.05) is 12.7 Å². The molecule has 2 amide bonds. The highest BCUT2D eigenvalue weighted by molar-refractivity contribution is 6.38. The van der Waals surface area contributed by atoms with Gasteiger partial charge in [0.05, 0.1) is 17.3 Å². The number of hydrogen-bond acceptors (Lipinski definition) is 5. The largest absolute Gasteiger partial charge is 0.363 e. The molecule has 0 aliphatic carbocycles. The lowest BCUT2D eigenvalue weighted by molar-refractivity contribution is -0.137. The molecule has 164 valence electrons. The van der Waals surface area contributed by atoms with Crippen LogP contribution in [0.4, 0.5) is 0 Å². The molecule has 0 saturated carbocycles. The van der Waals surface area contributed by atoms with Crippen LogP contribution in [0.3, 0.4) is 0 Å². The third-order valence-electron chi connectivity index (χ3n) is 4.71. The molecule has 1 heterocycles. The summed E-state index contributed by atoms with van der Waals surface area (Å²) < 4.78 is 0. The van der Waals surface area contributed by atoms with Gasteiger partial charge in [0.15, 0.2) is 0 Å². The Morgan fingerprint density at radius 3 is 2.45 bits per heavy atom. The van der Waals surface area contributed by atoms with Crippen molar-refractivity contribution in [2.24, 2.45) is 5.73 Å². The van der Waals surface area contributed by atoms with Crippen molar-refractivity contribution in [1.29, 1.82) is 0 Å². The van der Waals surface area contributed by atoms with Crippen molar-refractivity contribution < 1.29 is 14.4 Å². The number of unbranched alkanes of at least 4 members (excludes halogenated alkanes) is 1. The van der Waals surface area contributed by atoms with E-state index in [4.69, 9.17) is 5.73 Å². The lowest BCUT2D eigenvalue weighted by Gasteiger charge is -2.16. The zero-order chi connectivity index (χ0) is 22.8. The summed E-state index contributed by atoms with van der Waals surface area (Å²) >= 11 is 0. The van der Waals surface area contributed by atoms with Crippen LogP contribution < -0.4 is 11.1 Å². The van der Waals surface area contributed by atoms with Crippen LogP contribution in [0.5, 0.6) is 0 Å². The molecular weight excluding hydrogens is 392 g/mol. The maximum absolute atomic E-state index is 12.8. The van der Waals surface area contributed by atoms with Crippen molar-refractivity contribution >= 4 is 29.7 Å². The lowest BCUT2D eigenvalue weighted by Crippen LogP contribution is -2.46. The number of Topliss-reactive ketones (excluding diaryl/α,β-unsaturated/α-hetero) is 1. The van der Waals surface area contributed by atoms with E-state index in [2.05, 4.69) is 27.3 Å². The fraction of sp³-hybridized carbons (Fsp3) is 0.333. The van der Waals surface area contributed by atoms with Crippen LogP contribution in [0, 0.1) is 0 Å². The second-order valence-electron chi connectivity index (χ2n) is 7.65. The Labute approximate surface area is 183 Å². The molecule has 2 rings (SSSR count). The van der Waals surface area contributed by atoms with E-state index in [9.17, 15) is 14.4 Å². The van der Waals surface area contributed by atoms with Gasteiger partial charge in [0.2, 0.25) is 5.78 Å². The number of amides is 2. The first-order chi connectivity index (χ1) is 14.8. The van der Waals surface area contributed by atoms with E-state index in [0.717, 1.165) is 18.5 Å². The maximum Gasteiger partial charge on any atom is 0.287 e. The zero-order valence-electron chi connectivity index (χ0n) is 18.3. The first kappa shape index (κ1) is 24.0. The van der Waals surface area contributed by atoms with Gasteiger partial charge < -0.3 is 16.0 Å². The van der Waals surface area contributed by atoms with Gasteiger partial charge in [-0.25, -0.2) is 0 Å². The van der Waals surface area contributed by atoms with Crippen molar-refractivity contribution in [1.82, 2.24) is 15.2 Å². The minimum Gasteiger partial charge on any atom is -0.363 e. The Kier molecular flexibility index (Phi) is 9.09. The smallest absolute Gasteiger partial charge is 0.287 e. The fourth-order valence-electron chi connectivity index (χ4n) is 3.10. The predicted molar refractivity (Wildman–Crippen MR) is 122 cm³/mol. The van der Waals surface area contributed by atoms with Gasteiger partial charge in [-0.2, -0.15) is 0 Å². The van der Waals surface area contributed by atoms with Gasteiger partial charge in [-0.1, -0.05) is 50.1 Å². The number of nitrogens with zero attached hydrogens (tertiary/aromatic N) is 2. The predicted octanol–water partition coefficient (Wildman–Crippen LogP) is 2.66. The number of pyridine rings is 1. The standard InChI is InChI=1S/C24H30N4O3/c1-4-5-8-21(22(29)23(25)30)27-24(31)19-7-6-15-26-20(19)14-13-17-9-11-18(12-10-17)16-28(2)3/h6-7,9-15,21H,4-5,8,16H2,1-3H3,(H2,25,30)(H,27,31)/b14-13+. The molecule has 0 aliphatic rings. The topological polar surface area (TPSA) is 105 Å². The summed E-state index contributed by atoms with van der Waals surface area (Å²) in [5.41, 5.74) is 8.11. The summed E-state index contributed by atoms with van der Waals surface area (Å²) in [6, 6.07) is 10.5. The molecular formula is C24H30N4O3. The minimum absolute atomic E-state index is 0.321. The number of nitrogens with one attached hydrogen (secondary N) is 1. The number of carbonyl (C=O) groups is 3. The molecule has 0 aliphatic heterocycles. The lowest BCUT2D eigenvalue weighted by atomic mass is 10.0. The third-order valence-corrected chi connectivity index (χ3v) is 4.71. The minimum atomic E-state index is -1.05. The average Bonchev–Trinajstić information content (AvgIpc) is 2.75. The van der Waals surface area contributed by atoms with Crippen LogP contribution in [0.1, 0.15) is 53.4 Å². The summed E-state index contributed by atoms with van der Waals surface area (Å²) in [6.07, 6.45) is 7.10. The van der Waals surface area contributed by atoms with Gasteiger partial charge in [0.1, 0.15) is 0 Å². The van der Waals surface area contributed by atoms with Crippen LogP contribution in [0.2, 0.25) is 0 Å². The number of primary amides is 1. The molecule has 7 nitrogen and oxygen atoms in total. The molecule has 0 spiro atoms. The fourth-order valence-corrected chi connectivity index (χ4v) is 3.10. The van der Waals surface area contributed by atoms with Gasteiger partial charge in [-0.15, -0.1) is 0 Å². The first-order valence-electron chi connectivity index (χ1n) is 10.3. The van der Waals surface area contributed by atoms with E-state index in [1.54, 1.807) is 24.4 Å². The normalized spacial score (nSPS) is 12.1. The molecule has 3 N–H and O–H groups in total. The average molecular weight is 423 g/mol. The molecule has 1 atom stereocenters. The highest BCUT2D eigenvalue weighted by Crippen LogP contribution is 2.13. The van der Waals surface area contributed by atoms with Crippen LogP contribution in [0.15, 0.2) is 42.6 Å². The molecule has 31 heavy (non-hydrogen) atoms. The number of carbonyl (C=O) groups excluding carboxylic acids is 3. The van der Waals surface area contributed by atoms with E-state index in [1.807, 2.05) is 39.2 Å². The Balaban J connectivity index is 2.18. The number of benzene rings is 1. The molecule has 1 aromatic carbocycles. The summed E-state index contributed by atoms with van der Waals surface area (Å²) in [6.45, 7) is 2.82. The van der Waals surface area contributed by atoms with Gasteiger partial charge in [0.25, 0.3) is 11.8 Å². The molecule has 1 unspecified atom stereocenters. The SMILES string of the molecule is CCCCC(NC(=O)c1cccnc1/C=C/c1ccc(CN(C)C)cc1)C(=O)C(N)=O. The van der Waals surface area contributed by atoms with Gasteiger partial charge in [-0.3, -0.25) is 19.4 Å². The van der Waals surface area contributed by atoms with Crippen molar-refractivity contribution in [3.8, 4) is 0 Å². The summed E-state index contributed by atoms with van der Waals surface area (Å²) in [5.74, 6) is -2.31. The third kappa shape index (κ3) is 7.46. The highest BCUT2D eigenvalue weighted by atomic mass is 16.2. The number of ketones is 1. The van der Waals surface area contributed by atoms with Gasteiger partial charge in [-0.05, 0) is 49.9 Å². The second-order valence-corrected chi connectivity index (χ2v) is 7.65. The summed E-state index contributed by atoms with van der Waals surface area (Å²) in [7, 11) is 4.04. The molecule has 7 heteroatoms. The Hall–Kier alpha value is -3.32. The molecule has 2 aromatic rings.